The minimum Gasteiger partial charge on any atom is -0.504 e. The molecule has 3 aromatic rings. The summed E-state index contributed by atoms with van der Waals surface area (Å²) in [5, 5.41) is 142. The fourth-order valence-corrected chi connectivity index (χ4v) is 7.00. The number of aliphatic hydroxyl groups excluding tert-OH is 6. The van der Waals surface area contributed by atoms with Gasteiger partial charge in [-0.2, -0.15) is 0 Å². The SMILES string of the molecule is O=C(O)C[C@@H](O)[C@@H](OC(=O)C1=Cc2cc(O)c(O)cc2[C@@H](c2ccc(O)c(O)c2)[C@@H]1C(=O)O[C@@H]1C=C(C(=O)O)O[C@H]([C@H](O)CO)[C@@H]1OC(=O)C=Cc1ccc(O)c(O)c1)[C@@H](O)[C@@H](O)CO. The summed E-state index contributed by atoms with van der Waals surface area (Å²) >= 11 is 0. The van der Waals surface area contributed by atoms with Crippen LogP contribution in [0.5, 0.6) is 34.5 Å². The number of aromatic hydroxyl groups is 6. The Balaban J connectivity index is 1.67. The summed E-state index contributed by atoms with van der Waals surface area (Å²) in [4.78, 5) is 66.3. The molecule has 1 aliphatic heterocycles. The predicted octanol–water partition coefficient (Wildman–Crippen LogP) is -1.22. The third-order valence-electron chi connectivity index (χ3n) is 10.2. The van der Waals surface area contributed by atoms with Crippen molar-refractivity contribution in [3.8, 4) is 34.5 Å². The molecule has 0 bridgehead atoms. The van der Waals surface area contributed by atoms with Gasteiger partial charge in [-0.1, -0.05) is 12.1 Å². The third kappa shape index (κ3) is 11.0. The van der Waals surface area contributed by atoms with Gasteiger partial charge >= 0.3 is 29.8 Å². The molecule has 1 heterocycles. The highest BCUT2D eigenvalue weighted by Crippen LogP contribution is 2.48. The maximum absolute atomic E-state index is 14.9. The van der Waals surface area contributed by atoms with Crippen LogP contribution in [0.1, 0.15) is 34.6 Å². The Labute approximate surface area is 365 Å². The lowest BCUT2D eigenvalue weighted by molar-refractivity contribution is -0.189. The number of hydrogen-bond acceptors (Lipinski definition) is 21. The Kier molecular flexibility index (Phi) is 15.3. The number of esters is 3. The molecular weight excluding hydrogens is 872 g/mol. The number of carboxylic acids is 2. The van der Waals surface area contributed by atoms with Crippen LogP contribution in [-0.2, 0) is 42.9 Å². The second-order valence-corrected chi connectivity index (χ2v) is 14.6. The normalized spacial score (nSPS) is 21.5. The second-order valence-electron chi connectivity index (χ2n) is 14.6. The Bertz CT molecular complexity index is 2400. The molecule has 0 amide bonds. The summed E-state index contributed by atoms with van der Waals surface area (Å²) < 4.78 is 21.9. The Morgan fingerprint density at radius 3 is 1.97 bits per heavy atom. The molecule has 0 unspecified atom stereocenters. The number of aliphatic hydroxyl groups is 6. The van der Waals surface area contributed by atoms with E-state index < -0.39 is 156 Å². The van der Waals surface area contributed by atoms with E-state index in [2.05, 4.69) is 0 Å². The number of fused-ring (bicyclic) bond motifs is 1. The Hall–Kier alpha value is -7.41. The minimum absolute atomic E-state index is 0.113. The van der Waals surface area contributed by atoms with Crippen molar-refractivity contribution in [2.24, 2.45) is 5.92 Å². The highest BCUT2D eigenvalue weighted by atomic mass is 16.6. The van der Waals surface area contributed by atoms with Crippen molar-refractivity contribution >= 4 is 42.0 Å². The second kappa shape index (κ2) is 20.4. The van der Waals surface area contributed by atoms with Gasteiger partial charge in [0.05, 0.1) is 31.1 Å². The largest absolute Gasteiger partial charge is 0.504 e. The summed E-state index contributed by atoms with van der Waals surface area (Å²) in [6.07, 6.45) is -15.3. The number of phenolic OH excluding ortho intramolecular Hbond substituents is 6. The zero-order chi connectivity index (χ0) is 48.0. The lowest BCUT2D eigenvalue weighted by Crippen LogP contribution is -2.54. The first kappa shape index (κ1) is 48.6. The van der Waals surface area contributed by atoms with Gasteiger partial charge in [0.25, 0.3) is 0 Å². The first-order valence-corrected chi connectivity index (χ1v) is 19.0. The molecular formula is C42H42O23. The fraction of sp³-hybridized carbons (Fsp3) is 0.310. The number of carboxylic acid groups (broad SMARTS) is 2. The van der Waals surface area contributed by atoms with Crippen molar-refractivity contribution in [1.82, 2.24) is 0 Å². The molecule has 0 spiro atoms. The molecule has 10 atom stereocenters. The molecule has 348 valence electrons. The van der Waals surface area contributed by atoms with E-state index in [1.807, 2.05) is 0 Å². The molecule has 0 aromatic heterocycles. The van der Waals surface area contributed by atoms with Crippen LogP contribution in [0, 0.1) is 5.92 Å². The monoisotopic (exact) mass is 914 g/mol. The van der Waals surface area contributed by atoms with E-state index >= 15 is 0 Å². The molecule has 23 nitrogen and oxygen atoms in total. The molecule has 14 N–H and O–H groups in total. The Morgan fingerprint density at radius 2 is 1.37 bits per heavy atom. The maximum Gasteiger partial charge on any atom is 0.370 e. The van der Waals surface area contributed by atoms with Gasteiger partial charge in [-0.15, -0.1) is 0 Å². The lowest BCUT2D eigenvalue weighted by atomic mass is 9.71. The molecule has 0 saturated heterocycles. The molecule has 23 heteroatoms. The van der Waals surface area contributed by atoms with Crippen LogP contribution in [0.25, 0.3) is 12.2 Å². The van der Waals surface area contributed by atoms with Crippen molar-refractivity contribution < 1.29 is 114 Å². The molecule has 0 saturated carbocycles. The molecule has 65 heavy (non-hydrogen) atoms. The maximum atomic E-state index is 14.9. The van der Waals surface area contributed by atoms with Gasteiger partial charge in [0.1, 0.15) is 24.4 Å². The smallest absolute Gasteiger partial charge is 0.370 e. The van der Waals surface area contributed by atoms with E-state index in [0.717, 1.165) is 60.7 Å². The van der Waals surface area contributed by atoms with Gasteiger partial charge in [-0.3, -0.25) is 9.59 Å². The van der Waals surface area contributed by atoms with Crippen LogP contribution in [0.15, 0.2) is 72.0 Å². The van der Waals surface area contributed by atoms with Gasteiger partial charge in [-0.25, -0.2) is 14.4 Å². The molecule has 0 radical (unpaired) electrons. The van der Waals surface area contributed by atoms with Crippen LogP contribution in [0.3, 0.4) is 0 Å². The first-order valence-electron chi connectivity index (χ1n) is 19.0. The summed E-state index contributed by atoms with van der Waals surface area (Å²) in [5.41, 5.74) is -1.11. The minimum atomic E-state index is -2.38. The van der Waals surface area contributed by atoms with Gasteiger partial charge < -0.3 is 90.4 Å². The van der Waals surface area contributed by atoms with Crippen molar-refractivity contribution in [3.05, 3.63) is 94.3 Å². The topological polar surface area (TPSA) is 405 Å². The van der Waals surface area contributed by atoms with E-state index in [1.54, 1.807) is 0 Å². The van der Waals surface area contributed by atoms with Crippen LogP contribution in [0.4, 0.5) is 0 Å². The molecule has 3 aromatic carbocycles. The van der Waals surface area contributed by atoms with E-state index in [-0.39, 0.29) is 22.3 Å². The molecule has 2 aliphatic rings. The average Bonchev–Trinajstić information content (AvgIpc) is 3.25. The Morgan fingerprint density at radius 1 is 0.738 bits per heavy atom. The first-order chi connectivity index (χ1) is 30.6. The number of benzene rings is 3. The van der Waals surface area contributed by atoms with E-state index in [4.69, 9.17) is 18.9 Å². The number of phenols is 6. The number of ether oxygens (including phenoxy) is 4. The van der Waals surface area contributed by atoms with Gasteiger partial charge in [-0.05, 0) is 70.8 Å². The van der Waals surface area contributed by atoms with Crippen LogP contribution >= 0.6 is 0 Å². The highest BCUT2D eigenvalue weighted by molar-refractivity contribution is 6.02. The van der Waals surface area contributed by atoms with E-state index in [0.29, 0.717) is 6.08 Å². The van der Waals surface area contributed by atoms with Gasteiger partial charge in [0, 0.05) is 18.1 Å². The third-order valence-corrected chi connectivity index (χ3v) is 10.2. The van der Waals surface area contributed by atoms with Crippen molar-refractivity contribution in [3.63, 3.8) is 0 Å². The van der Waals surface area contributed by atoms with Crippen molar-refractivity contribution in [1.29, 1.82) is 0 Å². The van der Waals surface area contributed by atoms with E-state index in [9.17, 15) is 95.5 Å². The van der Waals surface area contributed by atoms with Gasteiger partial charge in [0.2, 0.25) is 5.76 Å². The summed E-state index contributed by atoms with van der Waals surface area (Å²) in [5.74, 6) is -17.0. The van der Waals surface area contributed by atoms with Gasteiger partial charge in [0.15, 0.2) is 58.9 Å². The zero-order valence-electron chi connectivity index (χ0n) is 33.3. The summed E-state index contributed by atoms with van der Waals surface area (Å²) in [6.45, 7) is -2.35. The van der Waals surface area contributed by atoms with Crippen LogP contribution in [0.2, 0.25) is 0 Å². The summed E-state index contributed by atoms with van der Waals surface area (Å²) in [6, 6.07) is 8.29. The van der Waals surface area contributed by atoms with Crippen molar-refractivity contribution in [2.75, 3.05) is 13.2 Å². The highest BCUT2D eigenvalue weighted by Gasteiger charge is 2.49. The fourth-order valence-electron chi connectivity index (χ4n) is 7.00. The molecule has 5 rings (SSSR count). The molecule has 1 aliphatic carbocycles. The molecule has 0 fully saturated rings. The quantitative estimate of drug-likeness (QED) is 0.0327. The number of carbonyl (C=O) groups excluding carboxylic acids is 3. The van der Waals surface area contributed by atoms with Crippen LogP contribution < -0.4 is 0 Å². The number of aliphatic carboxylic acids is 2. The standard InChI is InChI=1S/C42H42O23/c43-14-28(52)36(57)37(27(51)12-32(54)55)65-41(60)20-8-18-10-25(49)26(50)11-19(18)34(17-3-5-22(46)24(48)9-17)35(20)42(61)63-30-13-31(40(58)59)62-38(29(53)15-44)39(30)64-33(56)6-2-16-1-4-21(45)23(47)7-16/h1-11,13,27-30,34-39,43-53,57H,12,14-15H2,(H,54,55)(H,58,59)/t27-,28+,29-,30-,34-,35-,36+,37-,38-,39-/m1/s1. The van der Waals surface area contributed by atoms with Crippen molar-refractivity contribution in [2.45, 2.75) is 61.2 Å². The van der Waals surface area contributed by atoms with E-state index in [1.165, 1.54) is 6.07 Å². The lowest BCUT2D eigenvalue weighted by Gasteiger charge is -2.39. The number of rotatable bonds is 17. The summed E-state index contributed by atoms with van der Waals surface area (Å²) in [7, 11) is 0. The average molecular weight is 915 g/mol. The van der Waals surface area contributed by atoms with Crippen LogP contribution in [-0.4, -0.2) is 163 Å². The number of carbonyl (C=O) groups is 5. The predicted molar refractivity (Wildman–Crippen MR) is 212 cm³/mol. The number of hydrogen-bond donors (Lipinski definition) is 14. The zero-order valence-corrected chi connectivity index (χ0v) is 33.3.